The Morgan fingerprint density at radius 1 is 1.13 bits per heavy atom. The normalized spacial score (nSPS) is 12.1. The van der Waals surface area contributed by atoms with Crippen LogP contribution in [0.5, 0.6) is 0 Å². The Morgan fingerprint density at radius 2 is 1.87 bits per heavy atom. The molecule has 0 fully saturated rings. The third kappa shape index (κ3) is 2.98. The molecule has 0 radical (unpaired) electrons. The van der Waals surface area contributed by atoms with Crippen LogP contribution in [0.3, 0.4) is 0 Å². The summed E-state index contributed by atoms with van der Waals surface area (Å²) in [5.74, 6) is 1.24. The molecule has 118 valence electrons. The highest BCUT2D eigenvalue weighted by atomic mass is 16.2. The van der Waals surface area contributed by atoms with Crippen LogP contribution in [0.1, 0.15) is 6.92 Å². The van der Waals surface area contributed by atoms with Crippen molar-refractivity contribution in [1.29, 1.82) is 0 Å². The molecule has 1 aromatic carbocycles. The molecular formula is C16H18N6O. The van der Waals surface area contributed by atoms with E-state index in [-0.39, 0.29) is 11.9 Å². The van der Waals surface area contributed by atoms with Crippen molar-refractivity contribution in [2.75, 3.05) is 19.4 Å². The zero-order valence-corrected chi connectivity index (χ0v) is 13.3. The van der Waals surface area contributed by atoms with E-state index in [1.807, 2.05) is 36.4 Å². The molecule has 23 heavy (non-hydrogen) atoms. The molecule has 1 amide bonds. The highest BCUT2D eigenvalue weighted by Gasteiger charge is 2.16. The molecule has 3 aromatic rings. The number of carbonyl (C=O) groups is 1. The van der Waals surface area contributed by atoms with Crippen molar-refractivity contribution in [3.8, 4) is 11.4 Å². The Morgan fingerprint density at radius 3 is 2.57 bits per heavy atom. The number of anilines is 1. The van der Waals surface area contributed by atoms with Gasteiger partial charge in [0.05, 0.1) is 0 Å². The smallest absolute Gasteiger partial charge is 0.244 e. The van der Waals surface area contributed by atoms with Crippen LogP contribution in [-0.4, -0.2) is 50.8 Å². The molecule has 0 aliphatic heterocycles. The van der Waals surface area contributed by atoms with Crippen LogP contribution in [0, 0.1) is 0 Å². The molecule has 7 heteroatoms. The second-order valence-corrected chi connectivity index (χ2v) is 5.48. The summed E-state index contributed by atoms with van der Waals surface area (Å²) in [7, 11) is 3.45. The first-order chi connectivity index (χ1) is 11.1. The van der Waals surface area contributed by atoms with Crippen molar-refractivity contribution in [1.82, 2.24) is 24.7 Å². The quantitative estimate of drug-likeness (QED) is 0.793. The number of nitrogens with one attached hydrogen (secondary N) is 1. The molecule has 0 saturated heterocycles. The molecule has 3 rings (SSSR count). The number of nitrogens with zero attached hydrogens (tertiary/aromatic N) is 5. The summed E-state index contributed by atoms with van der Waals surface area (Å²) in [6.07, 6.45) is 0. The molecule has 1 N–H and O–H groups in total. The van der Waals surface area contributed by atoms with Crippen molar-refractivity contribution in [3.05, 3.63) is 42.5 Å². The summed E-state index contributed by atoms with van der Waals surface area (Å²) >= 11 is 0. The zero-order valence-electron chi connectivity index (χ0n) is 13.3. The summed E-state index contributed by atoms with van der Waals surface area (Å²) in [6.45, 7) is 1.80. The van der Waals surface area contributed by atoms with Gasteiger partial charge in [-0.1, -0.05) is 30.3 Å². The molecular weight excluding hydrogens is 292 g/mol. The first kappa shape index (κ1) is 15.0. The maximum Gasteiger partial charge on any atom is 0.244 e. The summed E-state index contributed by atoms with van der Waals surface area (Å²) in [5, 5.41) is 15.9. The second-order valence-electron chi connectivity index (χ2n) is 5.48. The Balaban J connectivity index is 1.94. The minimum Gasteiger partial charge on any atom is -0.357 e. The summed E-state index contributed by atoms with van der Waals surface area (Å²) in [4.78, 5) is 13.5. The van der Waals surface area contributed by atoms with E-state index in [0.29, 0.717) is 17.3 Å². The largest absolute Gasteiger partial charge is 0.357 e. The van der Waals surface area contributed by atoms with Crippen LogP contribution >= 0.6 is 0 Å². The lowest BCUT2D eigenvalue weighted by molar-refractivity contribution is -0.129. The molecule has 1 atom stereocenters. The maximum atomic E-state index is 12.0. The standard InChI is InChI=1S/C16H18N6O/c1-11(16(23)21(2)3)17-13-9-10-14-18-19-15(22(14)20-13)12-7-5-4-6-8-12/h4-11H,1-3H3,(H,17,20)/t11-/m0/s1. The van der Waals surface area contributed by atoms with Crippen LogP contribution in [0.2, 0.25) is 0 Å². The fraction of sp³-hybridized carbons (Fsp3) is 0.250. The number of aromatic nitrogens is 4. The van der Waals surface area contributed by atoms with Crippen LogP contribution in [0.15, 0.2) is 42.5 Å². The van der Waals surface area contributed by atoms with Crippen molar-refractivity contribution in [3.63, 3.8) is 0 Å². The molecule has 0 spiro atoms. The van der Waals surface area contributed by atoms with Crippen LogP contribution in [0.25, 0.3) is 17.0 Å². The van der Waals surface area contributed by atoms with Gasteiger partial charge in [0.25, 0.3) is 0 Å². The van der Waals surface area contributed by atoms with Crippen molar-refractivity contribution >= 4 is 17.4 Å². The number of amides is 1. The third-order valence-electron chi connectivity index (χ3n) is 3.47. The Hall–Kier alpha value is -2.96. The summed E-state index contributed by atoms with van der Waals surface area (Å²) < 4.78 is 1.67. The number of benzene rings is 1. The van der Waals surface area contributed by atoms with Gasteiger partial charge in [-0.15, -0.1) is 15.3 Å². The lowest BCUT2D eigenvalue weighted by Crippen LogP contribution is -2.36. The van der Waals surface area contributed by atoms with E-state index < -0.39 is 0 Å². The number of fused-ring (bicyclic) bond motifs is 1. The van der Waals surface area contributed by atoms with Gasteiger partial charge in [0.2, 0.25) is 5.91 Å². The van der Waals surface area contributed by atoms with E-state index in [0.717, 1.165) is 5.56 Å². The van der Waals surface area contributed by atoms with Crippen LogP contribution in [-0.2, 0) is 4.79 Å². The lowest BCUT2D eigenvalue weighted by atomic mass is 10.2. The van der Waals surface area contributed by atoms with E-state index >= 15 is 0 Å². The Labute approximate surface area is 133 Å². The highest BCUT2D eigenvalue weighted by Crippen LogP contribution is 2.18. The lowest BCUT2D eigenvalue weighted by Gasteiger charge is -2.18. The maximum absolute atomic E-state index is 12.0. The van der Waals surface area contributed by atoms with Crippen molar-refractivity contribution in [2.24, 2.45) is 0 Å². The second kappa shape index (κ2) is 6.04. The molecule has 7 nitrogen and oxygen atoms in total. The molecule has 0 unspecified atom stereocenters. The van der Waals surface area contributed by atoms with E-state index in [1.54, 1.807) is 36.5 Å². The van der Waals surface area contributed by atoms with Gasteiger partial charge < -0.3 is 10.2 Å². The molecule has 2 heterocycles. The van der Waals surface area contributed by atoms with E-state index in [1.165, 1.54) is 0 Å². The average molecular weight is 310 g/mol. The minimum atomic E-state index is -0.369. The van der Waals surface area contributed by atoms with Gasteiger partial charge in [0.1, 0.15) is 11.9 Å². The highest BCUT2D eigenvalue weighted by molar-refractivity contribution is 5.83. The predicted octanol–water partition coefficient (Wildman–Crippen LogP) is 1.68. The molecule has 0 bridgehead atoms. The van der Waals surface area contributed by atoms with Gasteiger partial charge in [-0.2, -0.15) is 4.52 Å². The average Bonchev–Trinajstić information content (AvgIpc) is 2.98. The van der Waals surface area contributed by atoms with Gasteiger partial charge >= 0.3 is 0 Å². The van der Waals surface area contributed by atoms with E-state index in [9.17, 15) is 4.79 Å². The molecule has 2 aromatic heterocycles. The number of hydrogen-bond acceptors (Lipinski definition) is 5. The van der Waals surface area contributed by atoms with Gasteiger partial charge in [0.15, 0.2) is 11.5 Å². The van der Waals surface area contributed by atoms with E-state index in [2.05, 4.69) is 20.6 Å². The predicted molar refractivity (Wildman–Crippen MR) is 88.0 cm³/mol. The summed E-state index contributed by atoms with van der Waals surface area (Å²) in [5.41, 5.74) is 1.59. The van der Waals surface area contributed by atoms with Crippen LogP contribution < -0.4 is 5.32 Å². The van der Waals surface area contributed by atoms with Gasteiger partial charge in [0, 0.05) is 19.7 Å². The van der Waals surface area contributed by atoms with Gasteiger partial charge in [-0.05, 0) is 19.1 Å². The van der Waals surface area contributed by atoms with Crippen molar-refractivity contribution < 1.29 is 4.79 Å². The van der Waals surface area contributed by atoms with E-state index in [4.69, 9.17) is 0 Å². The van der Waals surface area contributed by atoms with Crippen LogP contribution in [0.4, 0.5) is 5.82 Å². The fourth-order valence-corrected chi connectivity index (χ4v) is 2.30. The fourth-order valence-electron chi connectivity index (χ4n) is 2.30. The number of rotatable bonds is 4. The number of hydrogen-bond donors (Lipinski definition) is 1. The molecule has 0 aliphatic carbocycles. The Bertz CT molecular complexity index is 827. The number of carbonyl (C=O) groups excluding carboxylic acids is 1. The minimum absolute atomic E-state index is 0.0149. The number of likely N-dealkylation sites (N-methyl/N-ethyl adjacent to an activating group) is 1. The zero-order chi connectivity index (χ0) is 16.4. The third-order valence-corrected chi connectivity index (χ3v) is 3.47. The van der Waals surface area contributed by atoms with Gasteiger partial charge in [-0.25, -0.2) is 0 Å². The topological polar surface area (TPSA) is 75.4 Å². The SMILES string of the molecule is C[C@H](Nc1ccc2nnc(-c3ccccc3)n2n1)C(=O)N(C)C. The monoisotopic (exact) mass is 310 g/mol. The van der Waals surface area contributed by atoms with Crippen molar-refractivity contribution in [2.45, 2.75) is 13.0 Å². The molecule has 0 aliphatic rings. The Kier molecular flexibility index (Phi) is 3.92. The van der Waals surface area contributed by atoms with Gasteiger partial charge in [-0.3, -0.25) is 4.79 Å². The first-order valence-corrected chi connectivity index (χ1v) is 7.32. The molecule has 0 saturated carbocycles. The summed E-state index contributed by atoms with van der Waals surface area (Å²) in [6, 6.07) is 13.0. The first-order valence-electron chi connectivity index (χ1n) is 7.32.